The van der Waals surface area contributed by atoms with Gasteiger partial charge < -0.3 is 10.3 Å². The number of hydrogen-bond donors (Lipinski definition) is 2. The lowest BCUT2D eigenvalue weighted by molar-refractivity contribution is 0.0945. The summed E-state index contributed by atoms with van der Waals surface area (Å²) in [4.78, 5) is 14.3. The van der Waals surface area contributed by atoms with E-state index in [4.69, 9.17) is 0 Å². The maximum Gasteiger partial charge on any atom is 0.267 e. The minimum atomic E-state index is -0.0285. The highest BCUT2D eigenvalue weighted by Gasteiger charge is 2.11. The van der Waals surface area contributed by atoms with Crippen molar-refractivity contribution >= 4 is 5.91 Å². The third kappa shape index (κ3) is 3.64. The summed E-state index contributed by atoms with van der Waals surface area (Å²) in [6, 6.07) is 3.59. The summed E-state index contributed by atoms with van der Waals surface area (Å²) in [5, 5.41) is 2.87. The van der Waals surface area contributed by atoms with E-state index in [1.165, 1.54) is 0 Å². The molecule has 3 heteroatoms. The molecule has 1 aromatic rings. The first-order valence-electron chi connectivity index (χ1n) is 4.91. The topological polar surface area (TPSA) is 44.9 Å². The molecule has 1 heterocycles. The summed E-state index contributed by atoms with van der Waals surface area (Å²) < 4.78 is 0. The molecule has 14 heavy (non-hydrogen) atoms. The number of aromatic amines is 1. The van der Waals surface area contributed by atoms with Crippen molar-refractivity contribution < 1.29 is 4.79 Å². The van der Waals surface area contributed by atoms with Crippen LogP contribution >= 0.6 is 0 Å². The van der Waals surface area contributed by atoms with Crippen molar-refractivity contribution in [2.24, 2.45) is 5.41 Å². The Morgan fingerprint density at radius 1 is 1.50 bits per heavy atom. The van der Waals surface area contributed by atoms with E-state index in [0.29, 0.717) is 5.69 Å². The predicted octanol–water partition coefficient (Wildman–Crippen LogP) is 2.18. The van der Waals surface area contributed by atoms with Crippen molar-refractivity contribution in [3.05, 3.63) is 24.0 Å². The number of carbonyl (C=O) groups is 1. The van der Waals surface area contributed by atoms with Crippen molar-refractivity contribution in [2.75, 3.05) is 6.54 Å². The van der Waals surface area contributed by atoms with Gasteiger partial charge >= 0.3 is 0 Å². The second-order valence-electron chi connectivity index (χ2n) is 4.65. The van der Waals surface area contributed by atoms with E-state index < -0.39 is 0 Å². The van der Waals surface area contributed by atoms with E-state index in [0.717, 1.165) is 13.0 Å². The van der Waals surface area contributed by atoms with Gasteiger partial charge in [-0.15, -0.1) is 0 Å². The first-order chi connectivity index (χ1) is 6.49. The van der Waals surface area contributed by atoms with Crippen molar-refractivity contribution in [3.63, 3.8) is 0 Å². The molecule has 0 radical (unpaired) electrons. The Hall–Kier alpha value is -1.25. The van der Waals surface area contributed by atoms with Gasteiger partial charge in [-0.3, -0.25) is 4.79 Å². The minimum Gasteiger partial charge on any atom is -0.357 e. The normalized spacial score (nSPS) is 11.4. The number of rotatable bonds is 3. The lowest BCUT2D eigenvalue weighted by atomic mass is 9.92. The third-order valence-corrected chi connectivity index (χ3v) is 2.00. The molecule has 0 aliphatic heterocycles. The molecular formula is C11H18N2O. The maximum absolute atomic E-state index is 11.4. The zero-order chi connectivity index (χ0) is 10.6. The predicted molar refractivity (Wildman–Crippen MR) is 57.2 cm³/mol. The van der Waals surface area contributed by atoms with Crippen molar-refractivity contribution in [1.82, 2.24) is 10.3 Å². The van der Waals surface area contributed by atoms with Crippen LogP contribution < -0.4 is 5.32 Å². The van der Waals surface area contributed by atoms with E-state index in [-0.39, 0.29) is 11.3 Å². The van der Waals surface area contributed by atoms with Crippen LogP contribution in [-0.4, -0.2) is 17.4 Å². The molecule has 0 bridgehead atoms. The smallest absolute Gasteiger partial charge is 0.267 e. The zero-order valence-electron chi connectivity index (χ0n) is 9.05. The van der Waals surface area contributed by atoms with Crippen LogP contribution in [0.3, 0.4) is 0 Å². The van der Waals surface area contributed by atoms with Crippen LogP contribution in [-0.2, 0) is 0 Å². The lowest BCUT2D eigenvalue weighted by Crippen LogP contribution is -2.27. The molecule has 0 fully saturated rings. The number of aromatic nitrogens is 1. The summed E-state index contributed by atoms with van der Waals surface area (Å²) in [6.07, 6.45) is 2.73. The second kappa shape index (κ2) is 4.31. The lowest BCUT2D eigenvalue weighted by Gasteiger charge is -2.17. The molecule has 1 rings (SSSR count). The number of nitrogens with one attached hydrogen (secondary N) is 2. The Morgan fingerprint density at radius 2 is 2.21 bits per heavy atom. The number of carbonyl (C=O) groups excluding carboxylic acids is 1. The van der Waals surface area contributed by atoms with Crippen molar-refractivity contribution in [1.29, 1.82) is 0 Å². The first-order valence-corrected chi connectivity index (χ1v) is 4.91. The minimum absolute atomic E-state index is 0.0285. The average Bonchev–Trinajstić information content (AvgIpc) is 2.53. The molecule has 0 aliphatic carbocycles. The average molecular weight is 194 g/mol. The van der Waals surface area contributed by atoms with Gasteiger partial charge in [0, 0.05) is 12.7 Å². The summed E-state index contributed by atoms with van der Waals surface area (Å²) in [7, 11) is 0. The Kier molecular flexibility index (Phi) is 3.33. The molecule has 0 saturated carbocycles. The molecule has 0 aliphatic rings. The highest BCUT2D eigenvalue weighted by atomic mass is 16.1. The molecule has 3 nitrogen and oxygen atoms in total. The van der Waals surface area contributed by atoms with Gasteiger partial charge in [0.2, 0.25) is 0 Å². The SMILES string of the molecule is CC(C)(C)CCNC(=O)c1ccc[nH]1. The summed E-state index contributed by atoms with van der Waals surface area (Å²) in [5.74, 6) is -0.0285. The van der Waals surface area contributed by atoms with Gasteiger partial charge in [-0.2, -0.15) is 0 Å². The van der Waals surface area contributed by atoms with Crippen molar-refractivity contribution in [3.8, 4) is 0 Å². The fourth-order valence-electron chi connectivity index (χ4n) is 1.12. The Morgan fingerprint density at radius 3 is 2.71 bits per heavy atom. The van der Waals surface area contributed by atoms with E-state index in [2.05, 4.69) is 31.1 Å². The molecule has 1 amide bonds. The van der Waals surface area contributed by atoms with Gasteiger partial charge in [0.05, 0.1) is 0 Å². The van der Waals surface area contributed by atoms with Gasteiger partial charge in [-0.05, 0) is 24.0 Å². The van der Waals surface area contributed by atoms with Crippen LogP contribution in [0.5, 0.6) is 0 Å². The molecule has 78 valence electrons. The first kappa shape index (κ1) is 10.8. The van der Waals surface area contributed by atoms with E-state index >= 15 is 0 Å². The molecular weight excluding hydrogens is 176 g/mol. The number of amides is 1. The highest BCUT2D eigenvalue weighted by Crippen LogP contribution is 2.16. The van der Waals surface area contributed by atoms with Crippen LogP contribution in [0.2, 0.25) is 0 Å². The van der Waals surface area contributed by atoms with Crippen LogP contribution in [0.1, 0.15) is 37.7 Å². The maximum atomic E-state index is 11.4. The zero-order valence-corrected chi connectivity index (χ0v) is 9.05. The molecule has 0 atom stereocenters. The second-order valence-corrected chi connectivity index (χ2v) is 4.65. The van der Waals surface area contributed by atoms with Gasteiger partial charge in [0.25, 0.3) is 5.91 Å². The largest absolute Gasteiger partial charge is 0.357 e. The summed E-state index contributed by atoms with van der Waals surface area (Å²) in [5.41, 5.74) is 0.891. The molecule has 1 aromatic heterocycles. The Bertz CT molecular complexity index is 283. The number of hydrogen-bond acceptors (Lipinski definition) is 1. The van der Waals surface area contributed by atoms with Gasteiger partial charge in [0.1, 0.15) is 5.69 Å². The molecule has 0 spiro atoms. The van der Waals surface area contributed by atoms with Gasteiger partial charge in [-0.1, -0.05) is 20.8 Å². The van der Waals surface area contributed by atoms with Crippen molar-refractivity contribution in [2.45, 2.75) is 27.2 Å². The van der Waals surface area contributed by atoms with Crippen LogP contribution in [0.15, 0.2) is 18.3 Å². The van der Waals surface area contributed by atoms with Crippen LogP contribution in [0, 0.1) is 5.41 Å². The monoisotopic (exact) mass is 194 g/mol. The van der Waals surface area contributed by atoms with E-state index in [1.54, 1.807) is 12.3 Å². The molecule has 0 unspecified atom stereocenters. The van der Waals surface area contributed by atoms with E-state index in [9.17, 15) is 4.79 Å². The molecule has 0 aromatic carbocycles. The quantitative estimate of drug-likeness (QED) is 0.761. The number of H-pyrrole nitrogens is 1. The molecule has 0 saturated heterocycles. The fraction of sp³-hybridized carbons (Fsp3) is 0.545. The summed E-state index contributed by atoms with van der Waals surface area (Å²) >= 11 is 0. The molecule has 2 N–H and O–H groups in total. The van der Waals surface area contributed by atoms with Gasteiger partial charge in [0.15, 0.2) is 0 Å². The van der Waals surface area contributed by atoms with E-state index in [1.807, 2.05) is 6.07 Å². The van der Waals surface area contributed by atoms with Crippen LogP contribution in [0.4, 0.5) is 0 Å². The Labute approximate surface area is 84.9 Å². The summed E-state index contributed by atoms with van der Waals surface area (Å²) in [6.45, 7) is 7.21. The standard InChI is InChI=1S/C11H18N2O/c1-11(2,3)6-8-13-10(14)9-5-4-7-12-9/h4-5,7,12H,6,8H2,1-3H3,(H,13,14). The third-order valence-electron chi connectivity index (χ3n) is 2.00. The Balaban J connectivity index is 2.30. The van der Waals surface area contributed by atoms with Gasteiger partial charge in [-0.25, -0.2) is 0 Å². The van der Waals surface area contributed by atoms with Crippen LogP contribution in [0.25, 0.3) is 0 Å². The fourth-order valence-corrected chi connectivity index (χ4v) is 1.12. The highest BCUT2D eigenvalue weighted by molar-refractivity contribution is 5.92.